The second-order valence-electron chi connectivity index (χ2n) is 6.58. The van der Waals surface area contributed by atoms with Crippen molar-refractivity contribution in [1.82, 2.24) is 4.98 Å². The molecule has 1 heterocycles. The molecule has 3 aromatic rings. The summed E-state index contributed by atoms with van der Waals surface area (Å²) < 4.78 is 0. The number of benzene rings is 2. The molecule has 6 nitrogen and oxygen atoms in total. The van der Waals surface area contributed by atoms with Crippen LogP contribution in [0.5, 0.6) is 0 Å². The summed E-state index contributed by atoms with van der Waals surface area (Å²) in [5.74, 6) is -0.0371. The molecule has 0 saturated carbocycles. The molecule has 0 aliphatic heterocycles. The van der Waals surface area contributed by atoms with Gasteiger partial charge in [0.15, 0.2) is 11.1 Å². The molecule has 0 aliphatic carbocycles. The average Bonchev–Trinajstić information content (AvgIpc) is 3.08. The zero-order valence-corrected chi connectivity index (χ0v) is 17.8. The van der Waals surface area contributed by atoms with Crippen molar-refractivity contribution in [3.05, 3.63) is 65.4 Å². The number of rotatable bonds is 7. The van der Waals surface area contributed by atoms with Crippen molar-refractivity contribution in [2.24, 2.45) is 16.5 Å². The normalized spacial score (nSPS) is 10.6. The molecule has 1 aromatic heterocycles. The first kappa shape index (κ1) is 20.9. The number of nitrogens with zero attached hydrogens (tertiary/aromatic N) is 2. The van der Waals surface area contributed by atoms with Gasteiger partial charge in [0.1, 0.15) is 0 Å². The van der Waals surface area contributed by atoms with Gasteiger partial charge in [-0.15, -0.1) is 12.6 Å². The molecule has 0 atom stereocenters. The summed E-state index contributed by atoms with van der Waals surface area (Å²) in [6.45, 7) is 1.96. The second-order valence-corrected chi connectivity index (χ2v) is 8.10. The van der Waals surface area contributed by atoms with E-state index in [0.29, 0.717) is 11.7 Å². The molecule has 8 heteroatoms. The average molecular weight is 426 g/mol. The van der Waals surface area contributed by atoms with Crippen molar-refractivity contribution in [1.29, 1.82) is 0 Å². The number of amides is 1. The van der Waals surface area contributed by atoms with Crippen LogP contribution in [0.4, 0.5) is 5.13 Å². The van der Waals surface area contributed by atoms with Gasteiger partial charge in [0, 0.05) is 11.8 Å². The van der Waals surface area contributed by atoms with E-state index in [1.54, 1.807) is 0 Å². The Morgan fingerprint density at radius 2 is 1.72 bits per heavy atom. The van der Waals surface area contributed by atoms with E-state index in [1.807, 2.05) is 36.4 Å². The number of carbonyl (C=O) groups is 1. The number of anilines is 1. The lowest BCUT2D eigenvalue weighted by molar-refractivity contribution is -0.114. The number of nitrogens with one attached hydrogen (secondary N) is 1. The molecule has 3 rings (SSSR count). The zero-order valence-electron chi connectivity index (χ0n) is 16.1. The SMILES string of the molecule is CC(=O)Nc1nc(CCc2ccc(CN=C(N)N)cc2)c(-c2ccc(S)cc2)s1. The van der Waals surface area contributed by atoms with Crippen molar-refractivity contribution in [2.75, 3.05) is 5.32 Å². The molecule has 5 N–H and O–H groups in total. The van der Waals surface area contributed by atoms with Crippen LogP contribution in [0.15, 0.2) is 58.4 Å². The minimum absolute atomic E-state index is 0.0889. The highest BCUT2D eigenvalue weighted by Crippen LogP contribution is 2.34. The Kier molecular flexibility index (Phi) is 6.90. The zero-order chi connectivity index (χ0) is 20.8. The van der Waals surface area contributed by atoms with Crippen molar-refractivity contribution in [3.8, 4) is 10.4 Å². The van der Waals surface area contributed by atoms with Crippen molar-refractivity contribution < 1.29 is 4.79 Å². The Morgan fingerprint density at radius 1 is 1.07 bits per heavy atom. The first-order valence-electron chi connectivity index (χ1n) is 9.10. The Hall–Kier alpha value is -2.84. The maximum atomic E-state index is 11.4. The highest BCUT2D eigenvalue weighted by atomic mass is 32.1. The smallest absolute Gasteiger partial charge is 0.223 e. The van der Waals surface area contributed by atoms with Gasteiger partial charge in [-0.1, -0.05) is 47.7 Å². The molecule has 0 saturated heterocycles. The number of hydrogen-bond donors (Lipinski definition) is 4. The third-order valence-corrected chi connectivity index (χ3v) is 5.59. The molecular weight excluding hydrogens is 402 g/mol. The maximum Gasteiger partial charge on any atom is 0.223 e. The monoisotopic (exact) mass is 425 g/mol. The summed E-state index contributed by atoms with van der Waals surface area (Å²) in [4.78, 5) is 22.1. The number of aryl methyl sites for hydroxylation is 2. The van der Waals surface area contributed by atoms with E-state index in [1.165, 1.54) is 23.8 Å². The number of thiol groups is 1. The minimum Gasteiger partial charge on any atom is -0.370 e. The first-order chi connectivity index (χ1) is 13.9. The van der Waals surface area contributed by atoms with E-state index in [4.69, 9.17) is 11.5 Å². The fraction of sp³-hybridized carbons (Fsp3) is 0.190. The van der Waals surface area contributed by atoms with E-state index in [0.717, 1.165) is 39.4 Å². The lowest BCUT2D eigenvalue weighted by atomic mass is 10.0. The fourth-order valence-electron chi connectivity index (χ4n) is 2.82. The largest absolute Gasteiger partial charge is 0.370 e. The highest BCUT2D eigenvalue weighted by Gasteiger charge is 2.14. The van der Waals surface area contributed by atoms with Crippen LogP contribution < -0.4 is 16.8 Å². The molecule has 0 aliphatic rings. The molecule has 2 aromatic carbocycles. The van der Waals surface area contributed by atoms with Gasteiger partial charge in [-0.05, 0) is 41.7 Å². The Morgan fingerprint density at radius 3 is 2.34 bits per heavy atom. The predicted molar refractivity (Wildman–Crippen MR) is 122 cm³/mol. The molecular formula is C21H23N5OS2. The van der Waals surface area contributed by atoms with Gasteiger partial charge < -0.3 is 16.8 Å². The van der Waals surface area contributed by atoms with E-state index in [9.17, 15) is 4.79 Å². The van der Waals surface area contributed by atoms with E-state index in [-0.39, 0.29) is 11.9 Å². The fourth-order valence-corrected chi connectivity index (χ4v) is 4.03. The van der Waals surface area contributed by atoms with Crippen molar-refractivity contribution in [2.45, 2.75) is 31.2 Å². The number of carbonyl (C=O) groups excluding carboxylic acids is 1. The number of thiazole rings is 1. The van der Waals surface area contributed by atoms with Crippen LogP contribution in [0.3, 0.4) is 0 Å². The molecule has 1 amide bonds. The van der Waals surface area contributed by atoms with E-state index < -0.39 is 0 Å². The molecule has 0 spiro atoms. The molecule has 0 fully saturated rings. The lowest BCUT2D eigenvalue weighted by Gasteiger charge is -2.05. The van der Waals surface area contributed by atoms with Gasteiger partial charge in [-0.2, -0.15) is 0 Å². The molecule has 0 radical (unpaired) electrons. The number of aromatic nitrogens is 1. The summed E-state index contributed by atoms with van der Waals surface area (Å²) in [5, 5.41) is 3.41. The molecule has 0 unspecified atom stereocenters. The summed E-state index contributed by atoms with van der Waals surface area (Å²) in [6.07, 6.45) is 1.60. The number of guanidine groups is 1. The second kappa shape index (κ2) is 9.58. The van der Waals surface area contributed by atoms with Gasteiger partial charge in [-0.25, -0.2) is 9.98 Å². The Labute approximate surface area is 179 Å². The highest BCUT2D eigenvalue weighted by molar-refractivity contribution is 7.80. The molecule has 150 valence electrons. The van der Waals surface area contributed by atoms with Gasteiger partial charge >= 0.3 is 0 Å². The van der Waals surface area contributed by atoms with Crippen LogP contribution in [0.25, 0.3) is 10.4 Å². The molecule has 0 bridgehead atoms. The quantitative estimate of drug-likeness (QED) is 0.263. The number of aliphatic imine (C=N–C) groups is 1. The van der Waals surface area contributed by atoms with Gasteiger partial charge in [0.2, 0.25) is 5.91 Å². The predicted octanol–water partition coefficient (Wildman–Crippen LogP) is 3.62. The van der Waals surface area contributed by atoms with Gasteiger partial charge in [0.05, 0.1) is 17.1 Å². The first-order valence-corrected chi connectivity index (χ1v) is 10.4. The van der Waals surface area contributed by atoms with Crippen LogP contribution >= 0.6 is 24.0 Å². The summed E-state index contributed by atoms with van der Waals surface area (Å²) >= 11 is 5.84. The van der Waals surface area contributed by atoms with Crippen LogP contribution in [0.1, 0.15) is 23.7 Å². The molecule has 29 heavy (non-hydrogen) atoms. The maximum absolute atomic E-state index is 11.4. The summed E-state index contributed by atoms with van der Waals surface area (Å²) in [5.41, 5.74) is 15.0. The van der Waals surface area contributed by atoms with E-state index in [2.05, 4.69) is 40.1 Å². The van der Waals surface area contributed by atoms with Crippen molar-refractivity contribution in [3.63, 3.8) is 0 Å². The third-order valence-electron chi connectivity index (χ3n) is 4.23. The third kappa shape index (κ3) is 6.07. The van der Waals surface area contributed by atoms with Crippen LogP contribution in [-0.2, 0) is 24.2 Å². The van der Waals surface area contributed by atoms with Gasteiger partial charge in [0.25, 0.3) is 0 Å². The Balaban J connectivity index is 1.77. The topological polar surface area (TPSA) is 106 Å². The van der Waals surface area contributed by atoms with Crippen molar-refractivity contribution >= 4 is 41.0 Å². The lowest BCUT2D eigenvalue weighted by Crippen LogP contribution is -2.22. The van der Waals surface area contributed by atoms with Crippen LogP contribution in [0.2, 0.25) is 0 Å². The van der Waals surface area contributed by atoms with Crippen LogP contribution in [-0.4, -0.2) is 16.9 Å². The Bertz CT molecular complexity index is 1010. The summed E-state index contributed by atoms with van der Waals surface area (Å²) in [6, 6.07) is 16.2. The standard InChI is InChI=1S/C21H23N5OS2/c1-13(27)25-21-26-18(19(29-21)16-7-9-17(28)10-8-16)11-6-14-2-4-15(5-3-14)12-24-20(22)23/h2-5,7-10,28H,6,11-12H2,1H3,(H4,22,23,24)(H,25,26,27). The number of nitrogens with two attached hydrogens (primary N) is 2. The number of hydrogen-bond acceptors (Lipinski definition) is 5. The minimum atomic E-state index is -0.126. The summed E-state index contributed by atoms with van der Waals surface area (Å²) in [7, 11) is 0. The van der Waals surface area contributed by atoms with Gasteiger partial charge in [-0.3, -0.25) is 4.79 Å². The van der Waals surface area contributed by atoms with Crippen LogP contribution in [0, 0.1) is 0 Å². The van der Waals surface area contributed by atoms with E-state index >= 15 is 0 Å².